The zero-order chi connectivity index (χ0) is 14.0. The highest BCUT2D eigenvalue weighted by atomic mass is 19.1. The fraction of sp³-hybridized carbons (Fsp3) is 0.462. The van der Waals surface area contributed by atoms with Gasteiger partial charge in [0.25, 0.3) is 5.91 Å². The van der Waals surface area contributed by atoms with Gasteiger partial charge in [0.15, 0.2) is 0 Å². The first-order chi connectivity index (χ1) is 8.98. The Balaban J connectivity index is 2.23. The largest absolute Gasteiger partial charge is 0.352 e. The van der Waals surface area contributed by atoms with Gasteiger partial charge in [-0.05, 0) is 12.1 Å². The molecule has 0 aromatic carbocycles. The summed E-state index contributed by atoms with van der Waals surface area (Å²) in [5, 5.41) is 9.02. The fourth-order valence-corrected chi connectivity index (χ4v) is 2.27. The van der Waals surface area contributed by atoms with E-state index >= 15 is 0 Å². The van der Waals surface area contributed by atoms with Crippen molar-refractivity contribution in [3.63, 3.8) is 0 Å². The Labute approximate surface area is 111 Å². The van der Waals surface area contributed by atoms with Crippen molar-refractivity contribution in [3.05, 3.63) is 23.9 Å². The first-order valence-corrected chi connectivity index (χ1v) is 5.99. The summed E-state index contributed by atoms with van der Waals surface area (Å²) < 4.78 is 14.6. The van der Waals surface area contributed by atoms with E-state index in [1.54, 1.807) is 23.2 Å². The molecule has 1 aliphatic rings. The highest BCUT2D eigenvalue weighted by molar-refractivity contribution is 5.86. The van der Waals surface area contributed by atoms with Crippen LogP contribution in [0.15, 0.2) is 18.3 Å². The number of hydrogen-bond acceptors (Lipinski definition) is 4. The maximum Gasteiger partial charge on any atom is 0.261 e. The van der Waals surface area contributed by atoms with Gasteiger partial charge in [0.2, 0.25) is 5.67 Å². The molecule has 1 fully saturated rings. The van der Waals surface area contributed by atoms with Gasteiger partial charge in [-0.25, -0.2) is 9.37 Å². The van der Waals surface area contributed by atoms with Gasteiger partial charge >= 0.3 is 0 Å². The lowest BCUT2D eigenvalue weighted by Gasteiger charge is -2.24. The number of pyridine rings is 1. The molecule has 1 amide bonds. The summed E-state index contributed by atoms with van der Waals surface area (Å²) >= 11 is 0. The minimum Gasteiger partial charge on any atom is -0.352 e. The number of halogens is 1. The normalized spacial score (nSPS) is 22.1. The average Bonchev–Trinajstić information content (AvgIpc) is 2.81. The molecule has 1 aliphatic heterocycles. The van der Waals surface area contributed by atoms with Crippen LogP contribution in [0.4, 0.5) is 10.2 Å². The molecule has 100 valence electrons. The molecule has 0 radical (unpaired) electrons. The van der Waals surface area contributed by atoms with Gasteiger partial charge in [0, 0.05) is 33.3 Å². The molecule has 6 heteroatoms. The molecule has 5 nitrogen and oxygen atoms in total. The lowest BCUT2D eigenvalue weighted by molar-refractivity contribution is -0.139. The van der Waals surface area contributed by atoms with Crippen molar-refractivity contribution in [2.24, 2.45) is 0 Å². The number of carbonyl (C=O) groups is 1. The van der Waals surface area contributed by atoms with Crippen LogP contribution in [0.1, 0.15) is 12.0 Å². The molecule has 1 atom stereocenters. The zero-order valence-corrected chi connectivity index (χ0v) is 10.9. The van der Waals surface area contributed by atoms with Crippen molar-refractivity contribution in [1.82, 2.24) is 9.88 Å². The van der Waals surface area contributed by atoms with Crippen LogP contribution >= 0.6 is 0 Å². The van der Waals surface area contributed by atoms with E-state index in [-0.39, 0.29) is 13.0 Å². The maximum absolute atomic E-state index is 14.6. The van der Waals surface area contributed by atoms with Gasteiger partial charge < -0.3 is 9.80 Å². The van der Waals surface area contributed by atoms with E-state index in [9.17, 15) is 9.18 Å². The average molecular weight is 262 g/mol. The van der Waals surface area contributed by atoms with E-state index in [0.717, 1.165) is 0 Å². The van der Waals surface area contributed by atoms with Gasteiger partial charge in [-0.3, -0.25) is 4.79 Å². The number of aromatic nitrogens is 1. The van der Waals surface area contributed by atoms with E-state index in [1.165, 1.54) is 19.0 Å². The summed E-state index contributed by atoms with van der Waals surface area (Å²) in [5.41, 5.74) is -1.50. The summed E-state index contributed by atoms with van der Waals surface area (Å²) in [6.45, 7) is 0.317. The summed E-state index contributed by atoms with van der Waals surface area (Å²) in [5.74, 6) is -0.0967. The highest BCUT2D eigenvalue weighted by Crippen LogP contribution is 2.31. The van der Waals surface area contributed by atoms with Crippen molar-refractivity contribution in [2.45, 2.75) is 12.1 Å². The number of anilines is 1. The molecule has 0 saturated carbocycles. The molecule has 19 heavy (non-hydrogen) atoms. The molecular formula is C13H15FN4O. The van der Waals surface area contributed by atoms with Crippen LogP contribution < -0.4 is 4.90 Å². The number of nitriles is 1. The lowest BCUT2D eigenvalue weighted by Crippen LogP contribution is -2.44. The monoisotopic (exact) mass is 262 g/mol. The van der Waals surface area contributed by atoms with E-state index in [1.807, 2.05) is 6.07 Å². The summed E-state index contributed by atoms with van der Waals surface area (Å²) in [6.07, 6.45) is 1.67. The first-order valence-electron chi connectivity index (χ1n) is 5.99. The predicted octanol–water partition coefficient (Wildman–Crippen LogP) is 0.960. The Morgan fingerprint density at radius 2 is 2.37 bits per heavy atom. The molecule has 0 bridgehead atoms. The van der Waals surface area contributed by atoms with E-state index < -0.39 is 11.6 Å². The van der Waals surface area contributed by atoms with Gasteiger partial charge in [0.05, 0.1) is 12.1 Å². The Bertz CT molecular complexity index is 540. The third-order valence-electron chi connectivity index (χ3n) is 3.22. The molecule has 1 unspecified atom stereocenters. The van der Waals surface area contributed by atoms with Crippen LogP contribution in [0.5, 0.6) is 0 Å². The highest BCUT2D eigenvalue weighted by Gasteiger charge is 2.46. The molecule has 0 aliphatic carbocycles. The summed E-state index contributed by atoms with van der Waals surface area (Å²) in [7, 11) is 3.07. The molecule has 0 N–H and O–H groups in total. The minimum absolute atomic E-state index is 0.0598. The van der Waals surface area contributed by atoms with Gasteiger partial charge in [-0.2, -0.15) is 5.26 Å². The van der Waals surface area contributed by atoms with Crippen molar-refractivity contribution in [1.29, 1.82) is 5.26 Å². The minimum atomic E-state index is -1.90. The standard InChI is InChI=1S/C13H15FN4O/c1-17(2)12(19)13(14)5-7-18(9-13)11-10(8-15)4-3-6-16-11/h3-4,6H,5,7,9H2,1-2H3. The van der Waals surface area contributed by atoms with Crippen molar-refractivity contribution in [2.75, 3.05) is 32.1 Å². The molecule has 2 rings (SSSR count). The van der Waals surface area contributed by atoms with Crippen LogP contribution in [0.3, 0.4) is 0 Å². The zero-order valence-electron chi connectivity index (χ0n) is 10.9. The Kier molecular flexibility index (Phi) is 3.38. The maximum atomic E-state index is 14.6. The van der Waals surface area contributed by atoms with Crippen LogP contribution in [0.2, 0.25) is 0 Å². The van der Waals surface area contributed by atoms with Crippen LogP contribution in [-0.2, 0) is 4.79 Å². The van der Waals surface area contributed by atoms with Crippen LogP contribution in [0.25, 0.3) is 0 Å². The second-order valence-electron chi connectivity index (χ2n) is 4.82. The first kappa shape index (κ1) is 13.3. The van der Waals surface area contributed by atoms with E-state index in [0.29, 0.717) is 17.9 Å². The lowest BCUT2D eigenvalue weighted by atomic mass is 10.0. The van der Waals surface area contributed by atoms with Crippen molar-refractivity contribution >= 4 is 11.7 Å². The van der Waals surface area contributed by atoms with Gasteiger partial charge in [-0.15, -0.1) is 0 Å². The topological polar surface area (TPSA) is 60.2 Å². The molecular weight excluding hydrogens is 247 g/mol. The van der Waals surface area contributed by atoms with Crippen LogP contribution in [-0.4, -0.2) is 48.6 Å². The van der Waals surface area contributed by atoms with Gasteiger partial charge in [0.1, 0.15) is 11.9 Å². The summed E-state index contributed by atoms with van der Waals surface area (Å²) in [6, 6.07) is 5.32. The Hall–Kier alpha value is -2.16. The van der Waals surface area contributed by atoms with E-state index in [2.05, 4.69) is 4.98 Å². The molecule has 0 spiro atoms. The number of alkyl halides is 1. The number of carbonyl (C=O) groups excluding carboxylic acids is 1. The number of rotatable bonds is 2. The number of amides is 1. The molecule has 1 aromatic heterocycles. The number of hydrogen-bond donors (Lipinski definition) is 0. The van der Waals surface area contributed by atoms with Crippen molar-refractivity contribution in [3.8, 4) is 6.07 Å². The van der Waals surface area contributed by atoms with E-state index in [4.69, 9.17) is 5.26 Å². The van der Waals surface area contributed by atoms with Gasteiger partial charge in [-0.1, -0.05) is 0 Å². The molecule has 2 heterocycles. The SMILES string of the molecule is CN(C)C(=O)C1(F)CCN(c2ncccc2C#N)C1. The second-order valence-corrected chi connectivity index (χ2v) is 4.82. The smallest absolute Gasteiger partial charge is 0.261 e. The third-order valence-corrected chi connectivity index (χ3v) is 3.22. The molecule has 1 aromatic rings. The Morgan fingerprint density at radius 1 is 1.63 bits per heavy atom. The quantitative estimate of drug-likeness (QED) is 0.796. The third kappa shape index (κ3) is 2.36. The molecule has 1 saturated heterocycles. The predicted molar refractivity (Wildman–Crippen MR) is 68.3 cm³/mol. The summed E-state index contributed by atoms with van der Waals surface area (Å²) in [4.78, 5) is 18.9. The fourth-order valence-electron chi connectivity index (χ4n) is 2.27. The van der Waals surface area contributed by atoms with Crippen LogP contribution in [0, 0.1) is 11.3 Å². The Morgan fingerprint density at radius 3 is 3.00 bits per heavy atom. The second kappa shape index (κ2) is 4.84. The number of nitrogens with zero attached hydrogens (tertiary/aromatic N) is 4. The van der Waals surface area contributed by atoms with Crippen molar-refractivity contribution < 1.29 is 9.18 Å².